The second-order valence-electron chi connectivity index (χ2n) is 7.70. The van der Waals surface area contributed by atoms with Crippen molar-refractivity contribution < 1.29 is 28.7 Å². The van der Waals surface area contributed by atoms with Gasteiger partial charge in [-0.15, -0.1) is 0 Å². The number of amides is 2. The number of ether oxygens (including phenoxy) is 2. The summed E-state index contributed by atoms with van der Waals surface area (Å²) in [6, 6.07) is 11.9. The van der Waals surface area contributed by atoms with Crippen LogP contribution in [0.4, 0.5) is 11.4 Å². The third-order valence-corrected chi connectivity index (χ3v) is 5.61. The molecule has 0 aromatic heterocycles. The van der Waals surface area contributed by atoms with E-state index in [1.54, 1.807) is 36.4 Å². The third-order valence-electron chi connectivity index (χ3n) is 5.12. The minimum Gasteiger partial charge on any atom is -0.462 e. The molecule has 1 saturated heterocycles. The van der Waals surface area contributed by atoms with Crippen LogP contribution in [0.3, 0.4) is 0 Å². The first kappa shape index (κ1) is 24.4. The van der Waals surface area contributed by atoms with Crippen molar-refractivity contribution in [3.05, 3.63) is 58.1 Å². The number of anilines is 2. The molecule has 2 aromatic rings. The van der Waals surface area contributed by atoms with Gasteiger partial charge in [0.05, 0.1) is 18.1 Å². The molecule has 2 amide bonds. The number of rotatable bonds is 8. The van der Waals surface area contributed by atoms with E-state index in [-0.39, 0.29) is 18.9 Å². The van der Waals surface area contributed by atoms with Gasteiger partial charge in [0.25, 0.3) is 5.91 Å². The molecule has 9 heteroatoms. The molecule has 0 radical (unpaired) electrons. The van der Waals surface area contributed by atoms with E-state index in [0.717, 1.165) is 16.5 Å². The van der Waals surface area contributed by atoms with Gasteiger partial charge in [0, 0.05) is 28.8 Å². The van der Waals surface area contributed by atoms with Crippen LogP contribution in [0.25, 0.3) is 0 Å². The summed E-state index contributed by atoms with van der Waals surface area (Å²) in [6.45, 7) is 3.81. The van der Waals surface area contributed by atoms with Crippen molar-refractivity contribution in [3.63, 3.8) is 0 Å². The maximum atomic E-state index is 12.4. The van der Waals surface area contributed by atoms with E-state index < -0.39 is 30.4 Å². The zero-order valence-electron chi connectivity index (χ0n) is 18.4. The third kappa shape index (κ3) is 6.41. The first-order valence-electron chi connectivity index (χ1n) is 10.6. The van der Waals surface area contributed by atoms with Crippen LogP contribution in [0.15, 0.2) is 46.9 Å². The highest BCUT2D eigenvalue weighted by Crippen LogP contribution is 2.26. The molecule has 174 valence electrons. The van der Waals surface area contributed by atoms with Crippen molar-refractivity contribution in [2.24, 2.45) is 5.92 Å². The summed E-state index contributed by atoms with van der Waals surface area (Å²) in [4.78, 5) is 50.4. The zero-order chi connectivity index (χ0) is 24.0. The molecule has 0 spiro atoms. The van der Waals surface area contributed by atoms with E-state index in [0.29, 0.717) is 23.5 Å². The highest BCUT2D eigenvalue weighted by molar-refractivity contribution is 9.10. The lowest BCUT2D eigenvalue weighted by atomic mass is 10.1. The Balaban J connectivity index is 1.52. The average Bonchev–Trinajstić information content (AvgIpc) is 3.19. The minimum absolute atomic E-state index is 0.00738. The van der Waals surface area contributed by atoms with Gasteiger partial charge in [-0.25, -0.2) is 4.79 Å². The standard InChI is InChI=1S/C24H25BrN2O6/c1-3-10-32-23(30)16-4-7-19(8-5-16)27-13-17(12-22(27)29)24(31)33-14-21(28)26-20-9-6-18(25)11-15(20)2/h4-9,11,17H,3,10,12-14H2,1-2H3,(H,26,28)/t17-/m1/s1. The molecule has 8 nitrogen and oxygen atoms in total. The normalized spacial score (nSPS) is 15.3. The summed E-state index contributed by atoms with van der Waals surface area (Å²) in [7, 11) is 0. The first-order chi connectivity index (χ1) is 15.8. The van der Waals surface area contributed by atoms with Gasteiger partial charge in [0.15, 0.2) is 6.61 Å². The number of benzene rings is 2. The number of carbonyl (C=O) groups is 4. The Hall–Kier alpha value is -3.20. The van der Waals surface area contributed by atoms with Crippen molar-refractivity contribution in [1.82, 2.24) is 0 Å². The molecular weight excluding hydrogens is 492 g/mol. The SMILES string of the molecule is CCCOC(=O)c1ccc(N2C[C@H](C(=O)OCC(=O)Nc3ccc(Br)cc3C)CC2=O)cc1. The Morgan fingerprint density at radius 2 is 1.85 bits per heavy atom. The average molecular weight is 517 g/mol. The fourth-order valence-corrected chi connectivity index (χ4v) is 3.85. The number of esters is 2. The van der Waals surface area contributed by atoms with E-state index in [1.165, 1.54) is 4.90 Å². The summed E-state index contributed by atoms with van der Waals surface area (Å²) >= 11 is 3.36. The van der Waals surface area contributed by atoms with Gasteiger partial charge in [-0.1, -0.05) is 22.9 Å². The number of halogens is 1. The van der Waals surface area contributed by atoms with Crippen LogP contribution in [0, 0.1) is 12.8 Å². The van der Waals surface area contributed by atoms with Gasteiger partial charge in [-0.2, -0.15) is 0 Å². The van der Waals surface area contributed by atoms with Gasteiger partial charge < -0.3 is 19.7 Å². The maximum absolute atomic E-state index is 12.4. The summed E-state index contributed by atoms with van der Waals surface area (Å²) in [5, 5.41) is 2.70. The molecule has 1 N–H and O–H groups in total. The van der Waals surface area contributed by atoms with Crippen molar-refractivity contribution >= 4 is 51.1 Å². The van der Waals surface area contributed by atoms with Crippen molar-refractivity contribution in [3.8, 4) is 0 Å². The highest BCUT2D eigenvalue weighted by Gasteiger charge is 2.36. The molecule has 1 aliphatic heterocycles. The minimum atomic E-state index is -0.672. The number of nitrogens with zero attached hydrogens (tertiary/aromatic N) is 1. The fourth-order valence-electron chi connectivity index (χ4n) is 3.38. The number of aryl methyl sites for hydroxylation is 1. The van der Waals surface area contributed by atoms with Gasteiger partial charge in [0.1, 0.15) is 0 Å². The van der Waals surface area contributed by atoms with Crippen LogP contribution in [0.5, 0.6) is 0 Å². The number of hydrogen-bond acceptors (Lipinski definition) is 6. The van der Waals surface area contributed by atoms with E-state index >= 15 is 0 Å². The van der Waals surface area contributed by atoms with Gasteiger partial charge >= 0.3 is 11.9 Å². The van der Waals surface area contributed by atoms with E-state index in [2.05, 4.69) is 21.2 Å². The molecule has 1 heterocycles. The van der Waals surface area contributed by atoms with Crippen LogP contribution in [0.2, 0.25) is 0 Å². The second-order valence-corrected chi connectivity index (χ2v) is 8.62. The topological polar surface area (TPSA) is 102 Å². The Labute approximate surface area is 200 Å². The summed E-state index contributed by atoms with van der Waals surface area (Å²) in [6.07, 6.45) is 0.724. The molecule has 0 unspecified atom stereocenters. The first-order valence-corrected chi connectivity index (χ1v) is 11.4. The molecule has 1 atom stereocenters. The fraction of sp³-hybridized carbons (Fsp3) is 0.333. The number of hydrogen-bond donors (Lipinski definition) is 1. The molecule has 0 saturated carbocycles. The maximum Gasteiger partial charge on any atom is 0.338 e. The van der Waals surface area contributed by atoms with Crippen molar-refractivity contribution in [2.75, 3.05) is 30.0 Å². The highest BCUT2D eigenvalue weighted by atomic mass is 79.9. The molecule has 3 rings (SSSR count). The summed E-state index contributed by atoms with van der Waals surface area (Å²) < 4.78 is 11.1. The van der Waals surface area contributed by atoms with Crippen LogP contribution in [0.1, 0.15) is 35.7 Å². The van der Waals surface area contributed by atoms with Crippen molar-refractivity contribution in [1.29, 1.82) is 0 Å². The Bertz CT molecular complexity index is 1050. The molecular formula is C24H25BrN2O6. The smallest absolute Gasteiger partial charge is 0.338 e. The van der Waals surface area contributed by atoms with Crippen LogP contribution in [-0.2, 0) is 23.9 Å². The monoisotopic (exact) mass is 516 g/mol. The van der Waals surface area contributed by atoms with Gasteiger partial charge in [-0.05, 0) is 61.4 Å². The second kappa shape index (κ2) is 11.1. The molecule has 1 fully saturated rings. The predicted octanol–water partition coefficient (Wildman–Crippen LogP) is 3.86. The quantitative estimate of drug-likeness (QED) is 0.534. The summed E-state index contributed by atoms with van der Waals surface area (Å²) in [5.41, 5.74) is 2.46. The largest absolute Gasteiger partial charge is 0.462 e. The molecule has 33 heavy (non-hydrogen) atoms. The Morgan fingerprint density at radius 3 is 2.52 bits per heavy atom. The molecule has 0 bridgehead atoms. The Kier molecular flexibility index (Phi) is 8.21. The molecule has 0 aliphatic carbocycles. The van der Waals surface area contributed by atoms with Gasteiger partial charge in [-0.3, -0.25) is 14.4 Å². The van der Waals surface area contributed by atoms with E-state index in [1.807, 2.05) is 19.9 Å². The van der Waals surface area contributed by atoms with Crippen LogP contribution in [-0.4, -0.2) is 43.5 Å². The molecule has 2 aromatic carbocycles. The lowest BCUT2D eigenvalue weighted by molar-refractivity contribution is -0.151. The predicted molar refractivity (Wildman–Crippen MR) is 126 cm³/mol. The van der Waals surface area contributed by atoms with Crippen LogP contribution < -0.4 is 10.2 Å². The number of nitrogens with one attached hydrogen (secondary N) is 1. The lowest BCUT2D eigenvalue weighted by Crippen LogP contribution is -2.28. The van der Waals surface area contributed by atoms with Crippen molar-refractivity contribution in [2.45, 2.75) is 26.7 Å². The molecule has 1 aliphatic rings. The van der Waals surface area contributed by atoms with Crippen LogP contribution >= 0.6 is 15.9 Å². The summed E-state index contributed by atoms with van der Waals surface area (Å²) in [5.74, 6) is -2.38. The van der Waals surface area contributed by atoms with E-state index in [4.69, 9.17) is 9.47 Å². The van der Waals surface area contributed by atoms with Gasteiger partial charge in [0.2, 0.25) is 5.91 Å². The van der Waals surface area contributed by atoms with E-state index in [9.17, 15) is 19.2 Å². The zero-order valence-corrected chi connectivity index (χ0v) is 20.0. The number of carbonyl (C=O) groups excluding carboxylic acids is 4. The Morgan fingerprint density at radius 1 is 1.12 bits per heavy atom. The lowest BCUT2D eigenvalue weighted by Gasteiger charge is -2.17.